The van der Waals surface area contributed by atoms with E-state index >= 15 is 0 Å². The number of nitrogens with zero attached hydrogens (tertiary/aromatic N) is 1. The molecule has 0 bridgehead atoms. The first-order valence-corrected chi connectivity index (χ1v) is 10.1. The van der Waals surface area contributed by atoms with Gasteiger partial charge < -0.3 is 14.6 Å². The van der Waals surface area contributed by atoms with E-state index in [1.165, 1.54) is 36.5 Å². The lowest BCUT2D eigenvalue weighted by molar-refractivity contribution is -0.138. The molecule has 1 aliphatic carbocycles. The number of hydrogen-bond donors (Lipinski definition) is 1. The molecule has 1 fully saturated rings. The van der Waals surface area contributed by atoms with E-state index in [2.05, 4.69) is 0 Å². The van der Waals surface area contributed by atoms with Crippen molar-refractivity contribution >= 4 is 26.9 Å². The van der Waals surface area contributed by atoms with Crippen LogP contribution >= 0.6 is 0 Å². The maximum absolute atomic E-state index is 13.2. The first kappa shape index (κ1) is 18.4. The van der Waals surface area contributed by atoms with E-state index in [-0.39, 0.29) is 10.8 Å². The molecule has 2 unspecified atom stereocenters. The van der Waals surface area contributed by atoms with Crippen LogP contribution in [0.1, 0.15) is 17.9 Å². The molecular formula is C20H19NO6S. The largest absolute Gasteiger partial charge is 0.497 e. The molecule has 0 saturated heterocycles. The van der Waals surface area contributed by atoms with Crippen molar-refractivity contribution in [2.75, 3.05) is 14.2 Å². The number of carboxylic acid groups (broad SMARTS) is 1. The zero-order valence-electron chi connectivity index (χ0n) is 15.3. The summed E-state index contributed by atoms with van der Waals surface area (Å²) in [6.45, 7) is 0. The fraction of sp³-hybridized carbons (Fsp3) is 0.250. The van der Waals surface area contributed by atoms with Gasteiger partial charge in [0.15, 0.2) is 0 Å². The van der Waals surface area contributed by atoms with E-state index in [9.17, 15) is 18.3 Å². The SMILES string of the molecule is COc1ccc(S(=O)(=O)n2cc(C3CC3C(=O)O)c3cc(OC)ccc32)cc1. The normalized spacial score (nSPS) is 18.8. The van der Waals surface area contributed by atoms with Crippen LogP contribution in [0.15, 0.2) is 53.6 Å². The predicted octanol–water partition coefficient (Wildman–Crippen LogP) is 3.08. The molecular weight excluding hydrogens is 382 g/mol. The topological polar surface area (TPSA) is 94.8 Å². The molecule has 8 heteroatoms. The number of rotatable bonds is 6. The van der Waals surface area contributed by atoms with Crippen molar-refractivity contribution < 1.29 is 27.8 Å². The van der Waals surface area contributed by atoms with Crippen LogP contribution in [0.2, 0.25) is 0 Å². The lowest BCUT2D eigenvalue weighted by atomic mass is 10.1. The molecule has 0 spiro atoms. The molecule has 1 aliphatic rings. The fourth-order valence-electron chi connectivity index (χ4n) is 3.50. The second-order valence-electron chi connectivity index (χ2n) is 6.73. The van der Waals surface area contributed by atoms with Gasteiger partial charge in [0.2, 0.25) is 0 Å². The highest BCUT2D eigenvalue weighted by Gasteiger charge is 2.46. The van der Waals surface area contributed by atoms with Crippen molar-refractivity contribution in [3.05, 3.63) is 54.2 Å². The average molecular weight is 401 g/mol. The minimum absolute atomic E-state index is 0.123. The van der Waals surface area contributed by atoms with Crippen molar-refractivity contribution in [1.29, 1.82) is 0 Å². The summed E-state index contributed by atoms with van der Waals surface area (Å²) in [6, 6.07) is 11.3. The Labute approximate surface area is 162 Å². The van der Waals surface area contributed by atoms with Crippen molar-refractivity contribution in [2.24, 2.45) is 5.92 Å². The van der Waals surface area contributed by atoms with E-state index in [0.29, 0.717) is 34.4 Å². The molecule has 1 N–H and O–H groups in total. The van der Waals surface area contributed by atoms with E-state index < -0.39 is 21.9 Å². The van der Waals surface area contributed by atoms with Gasteiger partial charge in [-0.2, -0.15) is 0 Å². The number of ether oxygens (including phenoxy) is 2. The van der Waals surface area contributed by atoms with Crippen molar-refractivity contribution in [3.63, 3.8) is 0 Å². The number of carboxylic acids is 1. The third-order valence-electron chi connectivity index (χ3n) is 5.13. The van der Waals surface area contributed by atoms with Gasteiger partial charge in [0.25, 0.3) is 10.0 Å². The maximum Gasteiger partial charge on any atom is 0.307 e. The van der Waals surface area contributed by atoms with Crippen LogP contribution in [0.25, 0.3) is 10.9 Å². The fourth-order valence-corrected chi connectivity index (χ4v) is 4.88. The van der Waals surface area contributed by atoms with Crippen LogP contribution in [0.4, 0.5) is 0 Å². The summed E-state index contributed by atoms with van der Waals surface area (Å²) in [4.78, 5) is 11.5. The number of fused-ring (bicyclic) bond motifs is 1. The molecule has 0 amide bonds. The Morgan fingerprint density at radius 1 is 1.07 bits per heavy atom. The lowest BCUT2D eigenvalue weighted by Crippen LogP contribution is -2.11. The van der Waals surface area contributed by atoms with Crippen LogP contribution in [0, 0.1) is 5.92 Å². The number of hydrogen-bond acceptors (Lipinski definition) is 5. The van der Waals surface area contributed by atoms with Crippen LogP contribution in [-0.4, -0.2) is 37.7 Å². The first-order chi connectivity index (χ1) is 13.4. The lowest BCUT2D eigenvalue weighted by Gasteiger charge is -2.09. The standard InChI is InChI=1S/C20H19NO6S/c1-26-12-3-6-14(7-4-12)28(24,25)21-11-18(15-10-17(15)20(22)23)16-9-13(27-2)5-8-19(16)21/h3-9,11,15,17H,10H2,1-2H3,(H,22,23). The van der Waals surface area contributed by atoms with E-state index in [1.54, 1.807) is 30.3 Å². The molecule has 2 aromatic carbocycles. The molecule has 2 atom stereocenters. The summed E-state index contributed by atoms with van der Waals surface area (Å²) in [5.41, 5.74) is 1.20. The summed E-state index contributed by atoms with van der Waals surface area (Å²) >= 11 is 0. The Bertz CT molecular complexity index is 1160. The van der Waals surface area contributed by atoms with Gasteiger partial charge in [-0.1, -0.05) is 0 Å². The molecule has 7 nitrogen and oxygen atoms in total. The predicted molar refractivity (Wildman–Crippen MR) is 103 cm³/mol. The molecule has 28 heavy (non-hydrogen) atoms. The molecule has 0 radical (unpaired) electrons. The number of aliphatic carboxylic acids is 1. The Hall–Kier alpha value is -3.00. The summed E-state index contributed by atoms with van der Waals surface area (Å²) < 4.78 is 38.1. The highest BCUT2D eigenvalue weighted by Crippen LogP contribution is 2.50. The summed E-state index contributed by atoms with van der Waals surface area (Å²) in [6.07, 6.45) is 2.03. The highest BCUT2D eigenvalue weighted by molar-refractivity contribution is 7.90. The molecule has 0 aliphatic heterocycles. The minimum Gasteiger partial charge on any atom is -0.497 e. The van der Waals surface area contributed by atoms with Gasteiger partial charge in [0, 0.05) is 17.5 Å². The van der Waals surface area contributed by atoms with E-state index in [4.69, 9.17) is 9.47 Å². The van der Waals surface area contributed by atoms with Crippen molar-refractivity contribution in [1.82, 2.24) is 3.97 Å². The van der Waals surface area contributed by atoms with Crippen molar-refractivity contribution in [3.8, 4) is 11.5 Å². The monoisotopic (exact) mass is 401 g/mol. The van der Waals surface area contributed by atoms with Gasteiger partial charge in [0.05, 0.1) is 30.5 Å². The van der Waals surface area contributed by atoms with Crippen LogP contribution in [-0.2, 0) is 14.8 Å². The average Bonchev–Trinajstić information content (AvgIpc) is 3.41. The third-order valence-corrected chi connectivity index (χ3v) is 6.82. The summed E-state index contributed by atoms with van der Waals surface area (Å²) in [7, 11) is -0.818. The Morgan fingerprint density at radius 3 is 2.29 bits per heavy atom. The molecule has 146 valence electrons. The molecule has 3 aromatic rings. The van der Waals surface area contributed by atoms with Crippen LogP contribution < -0.4 is 9.47 Å². The second-order valence-corrected chi connectivity index (χ2v) is 8.55. The van der Waals surface area contributed by atoms with E-state index in [0.717, 1.165) is 0 Å². The zero-order chi connectivity index (χ0) is 20.1. The Morgan fingerprint density at radius 2 is 1.71 bits per heavy atom. The number of methoxy groups -OCH3 is 2. The molecule has 1 aromatic heterocycles. The van der Waals surface area contributed by atoms with Crippen LogP contribution in [0.5, 0.6) is 11.5 Å². The number of benzene rings is 2. The van der Waals surface area contributed by atoms with Gasteiger partial charge in [-0.3, -0.25) is 4.79 Å². The second kappa shape index (κ2) is 6.56. The molecule has 1 saturated carbocycles. The molecule has 1 heterocycles. The quantitative estimate of drug-likeness (QED) is 0.682. The first-order valence-electron chi connectivity index (χ1n) is 8.68. The van der Waals surface area contributed by atoms with E-state index in [1.807, 2.05) is 0 Å². The Balaban J connectivity index is 1.88. The van der Waals surface area contributed by atoms with Gasteiger partial charge in [0.1, 0.15) is 11.5 Å². The van der Waals surface area contributed by atoms with Crippen molar-refractivity contribution in [2.45, 2.75) is 17.2 Å². The van der Waals surface area contributed by atoms with Gasteiger partial charge in [-0.05, 0) is 54.4 Å². The summed E-state index contributed by atoms with van der Waals surface area (Å²) in [5.74, 6) is -0.426. The zero-order valence-corrected chi connectivity index (χ0v) is 16.1. The maximum atomic E-state index is 13.2. The smallest absolute Gasteiger partial charge is 0.307 e. The third kappa shape index (κ3) is 2.90. The highest BCUT2D eigenvalue weighted by atomic mass is 32.2. The molecule has 4 rings (SSSR count). The van der Waals surface area contributed by atoms with Gasteiger partial charge in [-0.25, -0.2) is 12.4 Å². The number of aromatic nitrogens is 1. The van der Waals surface area contributed by atoms with Crippen LogP contribution in [0.3, 0.4) is 0 Å². The Kier molecular flexibility index (Phi) is 4.30. The van der Waals surface area contributed by atoms with Gasteiger partial charge >= 0.3 is 5.97 Å². The summed E-state index contributed by atoms with van der Waals surface area (Å²) in [5, 5.41) is 9.98. The number of carbonyl (C=O) groups is 1. The van der Waals surface area contributed by atoms with Gasteiger partial charge in [-0.15, -0.1) is 0 Å². The minimum atomic E-state index is -3.86.